The van der Waals surface area contributed by atoms with E-state index in [0.29, 0.717) is 30.1 Å². The van der Waals surface area contributed by atoms with E-state index in [9.17, 15) is 9.59 Å². The molecule has 2 N–H and O–H groups in total. The maximum absolute atomic E-state index is 11.7. The highest BCUT2D eigenvalue weighted by molar-refractivity contribution is 7.99. The molecule has 0 saturated heterocycles. The van der Waals surface area contributed by atoms with Crippen molar-refractivity contribution in [3.63, 3.8) is 0 Å². The molecule has 0 fully saturated rings. The third kappa shape index (κ3) is 7.26. The zero-order chi connectivity index (χ0) is 19.6. The van der Waals surface area contributed by atoms with Gasteiger partial charge in [0.05, 0.1) is 6.21 Å². The summed E-state index contributed by atoms with van der Waals surface area (Å²) < 4.78 is 7.48. The van der Waals surface area contributed by atoms with Crippen molar-refractivity contribution in [3.05, 3.63) is 23.7 Å². The number of hydrazone groups is 1. The summed E-state index contributed by atoms with van der Waals surface area (Å²) in [6, 6.07) is 3.55. The van der Waals surface area contributed by atoms with Crippen LogP contribution in [-0.4, -0.2) is 38.0 Å². The van der Waals surface area contributed by atoms with Gasteiger partial charge in [-0.15, -0.1) is 10.2 Å². The molecule has 0 atom stereocenters. The fourth-order valence-corrected chi connectivity index (χ4v) is 2.97. The van der Waals surface area contributed by atoms with Crippen LogP contribution in [0.15, 0.2) is 31.9 Å². The lowest BCUT2D eigenvalue weighted by molar-refractivity contribution is -0.137. The molecule has 0 aromatic carbocycles. The molecule has 9 nitrogen and oxygen atoms in total. The number of furan rings is 1. The molecule has 0 bridgehead atoms. The van der Waals surface area contributed by atoms with Crippen LogP contribution < -0.4 is 5.43 Å². The number of aryl methyl sites for hydroxylation is 1. The van der Waals surface area contributed by atoms with Gasteiger partial charge in [-0.1, -0.05) is 12.8 Å². The van der Waals surface area contributed by atoms with Crippen molar-refractivity contribution in [2.24, 2.45) is 12.1 Å². The molecule has 0 saturated carbocycles. The number of hydrogen-bond acceptors (Lipinski definition) is 7. The second kappa shape index (κ2) is 10.5. The second-order valence-electron chi connectivity index (χ2n) is 5.95. The highest BCUT2D eigenvalue weighted by Crippen LogP contribution is 2.27. The van der Waals surface area contributed by atoms with Gasteiger partial charge in [-0.25, -0.2) is 5.43 Å². The molecule has 0 unspecified atom stereocenters. The molecule has 0 aliphatic heterocycles. The molecule has 0 aliphatic carbocycles. The minimum absolute atomic E-state index is 0.177. The van der Waals surface area contributed by atoms with E-state index in [2.05, 4.69) is 20.7 Å². The number of carboxylic acids is 1. The predicted octanol–water partition coefficient (Wildman–Crippen LogP) is 2.74. The Kier molecular flexibility index (Phi) is 8.05. The molecule has 10 heteroatoms. The van der Waals surface area contributed by atoms with Crippen LogP contribution in [0.25, 0.3) is 0 Å². The van der Waals surface area contributed by atoms with Gasteiger partial charge in [0.2, 0.25) is 5.91 Å². The Morgan fingerprint density at radius 2 is 2.00 bits per heavy atom. The highest BCUT2D eigenvalue weighted by atomic mass is 32.2. The van der Waals surface area contributed by atoms with Gasteiger partial charge in [-0.2, -0.15) is 5.10 Å². The van der Waals surface area contributed by atoms with Crippen molar-refractivity contribution >= 4 is 29.9 Å². The summed E-state index contributed by atoms with van der Waals surface area (Å²) in [4.78, 5) is 22.1. The fourth-order valence-electron chi connectivity index (χ4n) is 2.16. The first kappa shape index (κ1) is 20.7. The topological polar surface area (TPSA) is 123 Å². The molecular formula is C17H23N5O4S. The van der Waals surface area contributed by atoms with Crippen molar-refractivity contribution in [2.45, 2.75) is 55.7 Å². The van der Waals surface area contributed by atoms with E-state index in [0.717, 1.165) is 23.8 Å². The Bertz CT molecular complexity index is 799. The molecule has 2 heterocycles. The minimum atomic E-state index is -0.784. The SMILES string of the molecule is Cc1nnc(Sc2ccc(/C=N/NC(=O)CCCCCCC(=O)O)o2)n1C. The smallest absolute Gasteiger partial charge is 0.303 e. The van der Waals surface area contributed by atoms with Crippen molar-refractivity contribution in [1.29, 1.82) is 0 Å². The summed E-state index contributed by atoms with van der Waals surface area (Å²) in [7, 11) is 1.88. The molecule has 0 radical (unpaired) electrons. The quantitative estimate of drug-likeness (QED) is 0.342. The van der Waals surface area contributed by atoms with Gasteiger partial charge in [0.25, 0.3) is 0 Å². The second-order valence-corrected chi connectivity index (χ2v) is 6.92. The van der Waals surface area contributed by atoms with Crippen molar-refractivity contribution in [1.82, 2.24) is 20.2 Å². The molecule has 146 valence electrons. The largest absolute Gasteiger partial charge is 0.481 e. The zero-order valence-electron chi connectivity index (χ0n) is 15.3. The Morgan fingerprint density at radius 1 is 1.26 bits per heavy atom. The van der Waals surface area contributed by atoms with Crippen LogP contribution >= 0.6 is 11.8 Å². The van der Waals surface area contributed by atoms with Crippen LogP contribution in [0.2, 0.25) is 0 Å². The van der Waals surface area contributed by atoms with Gasteiger partial charge in [0.15, 0.2) is 10.2 Å². The van der Waals surface area contributed by atoms with E-state index < -0.39 is 5.97 Å². The van der Waals surface area contributed by atoms with E-state index in [4.69, 9.17) is 9.52 Å². The average molecular weight is 393 g/mol. The Hall–Kier alpha value is -2.62. The number of aromatic nitrogens is 3. The normalized spacial score (nSPS) is 11.2. The maximum atomic E-state index is 11.7. The number of aliphatic carboxylic acids is 1. The number of nitrogens with zero attached hydrogens (tertiary/aromatic N) is 4. The van der Waals surface area contributed by atoms with Crippen molar-refractivity contribution < 1.29 is 19.1 Å². The predicted molar refractivity (Wildman–Crippen MR) is 99.6 cm³/mol. The van der Waals surface area contributed by atoms with Crippen molar-refractivity contribution in [3.8, 4) is 0 Å². The third-order valence-electron chi connectivity index (χ3n) is 3.77. The number of carbonyl (C=O) groups is 2. The van der Waals surface area contributed by atoms with Crippen LogP contribution in [0.3, 0.4) is 0 Å². The molecule has 2 aromatic heterocycles. The van der Waals surface area contributed by atoms with Gasteiger partial charge >= 0.3 is 5.97 Å². The van der Waals surface area contributed by atoms with Crippen LogP contribution in [-0.2, 0) is 16.6 Å². The van der Waals surface area contributed by atoms with Crippen LogP contribution in [0, 0.1) is 6.92 Å². The summed E-state index contributed by atoms with van der Waals surface area (Å²) >= 11 is 1.35. The maximum Gasteiger partial charge on any atom is 0.303 e. The molecule has 0 spiro atoms. The van der Waals surface area contributed by atoms with Gasteiger partial charge < -0.3 is 14.1 Å². The Labute approximate surface area is 161 Å². The van der Waals surface area contributed by atoms with Gasteiger partial charge in [-0.05, 0) is 43.7 Å². The number of hydrogen-bond donors (Lipinski definition) is 2. The lowest BCUT2D eigenvalue weighted by Crippen LogP contribution is -2.16. The standard InChI is InChI=1S/C17H23N5O4S/c1-12-19-21-17(22(12)2)27-16-10-9-13(26-16)11-18-20-14(23)7-5-3-4-6-8-15(24)25/h9-11H,3-8H2,1-2H3,(H,20,23)(H,24,25)/b18-11+. The van der Waals surface area contributed by atoms with Gasteiger partial charge in [-0.3, -0.25) is 9.59 Å². The van der Waals surface area contributed by atoms with E-state index in [1.807, 2.05) is 18.5 Å². The molecule has 1 amide bonds. The number of nitrogens with one attached hydrogen (secondary N) is 1. The van der Waals surface area contributed by atoms with E-state index in [-0.39, 0.29) is 12.3 Å². The first-order valence-electron chi connectivity index (χ1n) is 8.63. The number of carbonyl (C=O) groups excluding carboxylic acids is 1. The first-order chi connectivity index (χ1) is 13.0. The summed E-state index contributed by atoms with van der Waals surface area (Å²) in [5.74, 6) is 0.370. The molecule has 27 heavy (non-hydrogen) atoms. The zero-order valence-corrected chi connectivity index (χ0v) is 16.2. The molecule has 2 aromatic rings. The fraction of sp³-hybridized carbons (Fsp3) is 0.471. The van der Waals surface area contributed by atoms with Gasteiger partial charge in [0.1, 0.15) is 11.6 Å². The van der Waals surface area contributed by atoms with E-state index in [1.54, 1.807) is 12.1 Å². The number of carboxylic acid groups (broad SMARTS) is 1. The average Bonchev–Trinajstić information content (AvgIpc) is 3.19. The van der Waals surface area contributed by atoms with Crippen LogP contribution in [0.4, 0.5) is 0 Å². The number of rotatable bonds is 11. The lowest BCUT2D eigenvalue weighted by atomic mass is 10.1. The summed E-state index contributed by atoms with van der Waals surface area (Å²) in [5.41, 5.74) is 2.45. The summed E-state index contributed by atoms with van der Waals surface area (Å²) in [6.45, 7) is 1.87. The van der Waals surface area contributed by atoms with Gasteiger partial charge in [0, 0.05) is 19.9 Å². The van der Waals surface area contributed by atoms with E-state index in [1.165, 1.54) is 18.0 Å². The Morgan fingerprint density at radius 3 is 2.67 bits per heavy atom. The minimum Gasteiger partial charge on any atom is -0.481 e. The molecular weight excluding hydrogens is 370 g/mol. The van der Waals surface area contributed by atoms with Crippen LogP contribution in [0.1, 0.15) is 50.1 Å². The monoisotopic (exact) mass is 393 g/mol. The Balaban J connectivity index is 1.67. The lowest BCUT2D eigenvalue weighted by Gasteiger charge is -2.00. The highest BCUT2D eigenvalue weighted by Gasteiger charge is 2.10. The summed E-state index contributed by atoms with van der Waals surface area (Å²) in [5, 5.41) is 21.8. The number of unbranched alkanes of at least 4 members (excludes halogenated alkanes) is 3. The van der Waals surface area contributed by atoms with E-state index >= 15 is 0 Å². The summed E-state index contributed by atoms with van der Waals surface area (Å²) in [6.07, 6.45) is 4.95. The number of amides is 1. The third-order valence-corrected chi connectivity index (χ3v) is 4.73. The van der Waals surface area contributed by atoms with Crippen LogP contribution in [0.5, 0.6) is 0 Å². The van der Waals surface area contributed by atoms with Crippen molar-refractivity contribution in [2.75, 3.05) is 0 Å². The first-order valence-corrected chi connectivity index (χ1v) is 9.44. The molecule has 0 aliphatic rings. The molecule has 2 rings (SSSR count).